The number of nitrogens with one attached hydrogen (secondary N) is 1. The summed E-state index contributed by atoms with van der Waals surface area (Å²) in [6, 6.07) is 5.08. The highest BCUT2D eigenvalue weighted by atomic mass is 32.2. The van der Waals surface area contributed by atoms with Gasteiger partial charge < -0.3 is 19.9 Å². The first kappa shape index (κ1) is 16.9. The van der Waals surface area contributed by atoms with Gasteiger partial charge in [0.05, 0.1) is 13.4 Å². The molecule has 2 N–H and O–H groups in total. The molecule has 9 heteroatoms. The predicted molar refractivity (Wildman–Crippen MR) is 99.3 cm³/mol. The van der Waals surface area contributed by atoms with E-state index >= 15 is 0 Å². The van der Waals surface area contributed by atoms with Crippen molar-refractivity contribution in [2.45, 2.75) is 24.2 Å². The number of phenolic OH excluding ortho intramolecular Hbond substituents is 1. The van der Waals surface area contributed by atoms with Crippen LogP contribution < -0.4 is 10.1 Å². The van der Waals surface area contributed by atoms with Gasteiger partial charge in [0.25, 0.3) is 0 Å². The lowest BCUT2D eigenvalue weighted by atomic mass is 10.2. The van der Waals surface area contributed by atoms with Gasteiger partial charge in [-0.1, -0.05) is 11.8 Å². The molecule has 0 amide bonds. The van der Waals surface area contributed by atoms with Gasteiger partial charge in [0.15, 0.2) is 33.6 Å². The molecule has 0 radical (unpaired) electrons. The Hall–Kier alpha value is -2.52. The molecule has 1 aromatic carbocycles. The van der Waals surface area contributed by atoms with Crippen molar-refractivity contribution in [1.82, 2.24) is 19.5 Å². The van der Waals surface area contributed by atoms with E-state index < -0.39 is 0 Å². The Kier molecular flexibility index (Phi) is 4.56. The van der Waals surface area contributed by atoms with Crippen LogP contribution in [0.1, 0.15) is 19.1 Å². The second-order valence-corrected chi connectivity index (χ2v) is 6.64. The smallest absolute Gasteiger partial charge is 0.191 e. The quantitative estimate of drug-likeness (QED) is 0.520. The lowest BCUT2D eigenvalue weighted by Crippen LogP contribution is -2.07. The van der Waals surface area contributed by atoms with Crippen molar-refractivity contribution in [3.05, 3.63) is 24.5 Å². The minimum atomic E-state index is -0.0394. The number of hydrogen-bond acceptors (Lipinski definition) is 8. The molecule has 1 saturated heterocycles. The Bertz CT molecular complexity index is 940. The van der Waals surface area contributed by atoms with Crippen LogP contribution in [0.4, 0.5) is 11.5 Å². The maximum absolute atomic E-state index is 9.99. The number of phenols is 1. The molecular weight excluding hydrogens is 354 g/mol. The second-order valence-electron chi connectivity index (χ2n) is 5.86. The van der Waals surface area contributed by atoms with Crippen molar-refractivity contribution >= 4 is 34.4 Å². The fourth-order valence-electron chi connectivity index (χ4n) is 2.97. The highest BCUT2D eigenvalue weighted by Gasteiger charge is 2.22. The van der Waals surface area contributed by atoms with Crippen LogP contribution in [-0.4, -0.2) is 44.6 Å². The summed E-state index contributed by atoms with van der Waals surface area (Å²) < 4.78 is 12.8. The molecular formula is C17H19N5O3S. The Morgan fingerprint density at radius 2 is 2.27 bits per heavy atom. The molecule has 1 atom stereocenters. The first-order valence-electron chi connectivity index (χ1n) is 8.24. The Morgan fingerprint density at radius 3 is 2.96 bits per heavy atom. The van der Waals surface area contributed by atoms with Gasteiger partial charge in [-0.15, -0.1) is 0 Å². The summed E-state index contributed by atoms with van der Waals surface area (Å²) in [6.45, 7) is 0.751. The molecule has 3 aromatic rings. The molecule has 3 heterocycles. The van der Waals surface area contributed by atoms with Crippen LogP contribution in [0.3, 0.4) is 0 Å². The maximum atomic E-state index is 9.99. The largest absolute Gasteiger partial charge is 0.504 e. The highest BCUT2D eigenvalue weighted by molar-refractivity contribution is 7.98. The number of rotatable bonds is 5. The summed E-state index contributed by atoms with van der Waals surface area (Å²) in [5.41, 5.74) is 2.08. The van der Waals surface area contributed by atoms with Crippen LogP contribution in [0.2, 0.25) is 0 Å². The van der Waals surface area contributed by atoms with E-state index in [0.29, 0.717) is 27.9 Å². The molecule has 4 rings (SSSR count). The summed E-state index contributed by atoms with van der Waals surface area (Å²) in [7, 11) is 1.51. The molecule has 1 aliphatic heterocycles. The van der Waals surface area contributed by atoms with Gasteiger partial charge in [0.1, 0.15) is 6.23 Å². The Morgan fingerprint density at radius 1 is 1.38 bits per heavy atom. The fraction of sp³-hybridized carbons (Fsp3) is 0.353. The predicted octanol–water partition coefficient (Wildman–Crippen LogP) is 3.32. The summed E-state index contributed by atoms with van der Waals surface area (Å²) in [5.74, 6) is 1.05. The lowest BCUT2D eigenvalue weighted by molar-refractivity contribution is 0.0592. The number of aromatic nitrogens is 4. The highest BCUT2D eigenvalue weighted by Crippen LogP contribution is 2.33. The molecule has 26 heavy (non-hydrogen) atoms. The molecule has 2 aromatic heterocycles. The van der Waals surface area contributed by atoms with Crippen LogP contribution in [0.5, 0.6) is 11.5 Å². The van der Waals surface area contributed by atoms with Crippen molar-refractivity contribution in [2.24, 2.45) is 0 Å². The second kappa shape index (κ2) is 7.00. The number of benzene rings is 1. The average molecular weight is 373 g/mol. The van der Waals surface area contributed by atoms with Crippen molar-refractivity contribution in [1.29, 1.82) is 0 Å². The molecule has 136 valence electrons. The van der Waals surface area contributed by atoms with E-state index in [2.05, 4.69) is 20.3 Å². The minimum Gasteiger partial charge on any atom is -0.504 e. The van der Waals surface area contributed by atoms with Crippen LogP contribution in [0.25, 0.3) is 11.2 Å². The van der Waals surface area contributed by atoms with E-state index in [4.69, 9.17) is 9.47 Å². The molecule has 1 fully saturated rings. The third-order valence-electron chi connectivity index (χ3n) is 4.24. The third kappa shape index (κ3) is 3.04. The average Bonchev–Trinajstić information content (AvgIpc) is 3.31. The standard InChI is InChI=1S/C17H19N5O3S/c1-24-12-6-5-10(8-11(12)23)19-15-14-16(21-17(20-15)26-2)22(9-18-14)13-4-3-7-25-13/h5-6,8-9,13,23H,3-4,7H2,1-2H3,(H,19,20,21). The van der Waals surface area contributed by atoms with Gasteiger partial charge >= 0.3 is 0 Å². The first-order valence-corrected chi connectivity index (χ1v) is 9.46. The van der Waals surface area contributed by atoms with E-state index in [1.54, 1.807) is 18.5 Å². The summed E-state index contributed by atoms with van der Waals surface area (Å²) in [6.07, 6.45) is 5.61. The van der Waals surface area contributed by atoms with Crippen LogP contribution in [0.15, 0.2) is 29.7 Å². The number of imidazole rings is 1. The Labute approximate surface area is 154 Å². The molecule has 0 bridgehead atoms. The van der Waals surface area contributed by atoms with E-state index in [1.807, 2.05) is 16.9 Å². The van der Waals surface area contributed by atoms with Gasteiger partial charge in [0.2, 0.25) is 0 Å². The van der Waals surface area contributed by atoms with E-state index in [9.17, 15) is 5.11 Å². The van der Waals surface area contributed by atoms with Gasteiger partial charge in [-0.2, -0.15) is 0 Å². The Balaban J connectivity index is 1.75. The van der Waals surface area contributed by atoms with E-state index in [-0.39, 0.29) is 12.0 Å². The zero-order valence-corrected chi connectivity index (χ0v) is 15.3. The number of thioether (sulfide) groups is 1. The molecule has 0 spiro atoms. The van der Waals surface area contributed by atoms with Crippen LogP contribution >= 0.6 is 11.8 Å². The third-order valence-corrected chi connectivity index (χ3v) is 4.79. The zero-order valence-electron chi connectivity index (χ0n) is 14.5. The molecule has 0 saturated carbocycles. The minimum absolute atomic E-state index is 0.0394. The summed E-state index contributed by atoms with van der Waals surface area (Å²) in [5, 5.41) is 13.9. The fourth-order valence-corrected chi connectivity index (χ4v) is 3.33. The molecule has 1 aliphatic rings. The monoisotopic (exact) mass is 373 g/mol. The van der Waals surface area contributed by atoms with E-state index in [1.165, 1.54) is 18.9 Å². The van der Waals surface area contributed by atoms with Crippen molar-refractivity contribution in [3.8, 4) is 11.5 Å². The number of ether oxygens (including phenoxy) is 2. The first-order chi connectivity index (χ1) is 12.7. The van der Waals surface area contributed by atoms with Crippen molar-refractivity contribution in [3.63, 3.8) is 0 Å². The number of methoxy groups -OCH3 is 1. The number of nitrogens with zero attached hydrogens (tertiary/aromatic N) is 4. The summed E-state index contributed by atoms with van der Waals surface area (Å²) >= 11 is 1.46. The van der Waals surface area contributed by atoms with Gasteiger partial charge in [-0.25, -0.2) is 15.0 Å². The number of hydrogen-bond donors (Lipinski definition) is 2. The SMILES string of the molecule is COc1ccc(Nc2nc(SC)nc3c2ncn3C2CCCO2)cc1O. The van der Waals surface area contributed by atoms with Gasteiger partial charge in [0, 0.05) is 18.4 Å². The maximum Gasteiger partial charge on any atom is 0.191 e. The number of anilines is 2. The van der Waals surface area contributed by atoms with Crippen LogP contribution in [-0.2, 0) is 4.74 Å². The topological polar surface area (TPSA) is 94.3 Å². The van der Waals surface area contributed by atoms with Gasteiger partial charge in [-0.3, -0.25) is 4.57 Å². The zero-order chi connectivity index (χ0) is 18.1. The molecule has 8 nitrogen and oxygen atoms in total. The van der Waals surface area contributed by atoms with Gasteiger partial charge in [-0.05, 0) is 31.2 Å². The number of fused-ring (bicyclic) bond motifs is 1. The van der Waals surface area contributed by atoms with Crippen molar-refractivity contribution < 1.29 is 14.6 Å². The lowest BCUT2D eigenvalue weighted by Gasteiger charge is -2.13. The summed E-state index contributed by atoms with van der Waals surface area (Å²) in [4.78, 5) is 13.6. The van der Waals surface area contributed by atoms with Crippen LogP contribution in [0, 0.1) is 0 Å². The number of aromatic hydroxyl groups is 1. The van der Waals surface area contributed by atoms with Crippen molar-refractivity contribution in [2.75, 3.05) is 25.3 Å². The molecule has 1 unspecified atom stereocenters. The normalized spacial score (nSPS) is 16.9. The molecule has 0 aliphatic carbocycles. The van der Waals surface area contributed by atoms with E-state index in [0.717, 1.165) is 25.1 Å².